The van der Waals surface area contributed by atoms with Crippen molar-refractivity contribution in [3.63, 3.8) is 0 Å². The lowest BCUT2D eigenvalue weighted by Gasteiger charge is -2.18. The van der Waals surface area contributed by atoms with Gasteiger partial charge in [-0.05, 0) is 30.7 Å². The highest BCUT2D eigenvalue weighted by molar-refractivity contribution is 5.89. The first-order valence-corrected chi connectivity index (χ1v) is 7.60. The molecule has 1 heterocycles. The molecule has 0 unspecified atom stereocenters. The van der Waals surface area contributed by atoms with Gasteiger partial charge in [0.05, 0.1) is 0 Å². The van der Waals surface area contributed by atoms with Crippen LogP contribution in [-0.4, -0.2) is 27.5 Å². The molecule has 0 bridgehead atoms. The molecule has 0 N–H and O–H groups in total. The Hall–Kier alpha value is -3.02. The van der Waals surface area contributed by atoms with Crippen molar-refractivity contribution in [3.05, 3.63) is 71.9 Å². The van der Waals surface area contributed by atoms with E-state index in [4.69, 9.17) is 4.42 Å². The van der Waals surface area contributed by atoms with E-state index in [-0.39, 0.29) is 17.7 Å². The standard InChI is InChI=1S/C18H16FN3O2/c1-2-22(12-13-7-4-3-5-8-13)18(23)17-21-20-16(24-17)14-9-6-10-15(19)11-14/h3-11H,2,12H2,1H3. The summed E-state index contributed by atoms with van der Waals surface area (Å²) >= 11 is 0. The van der Waals surface area contributed by atoms with Crippen LogP contribution in [0, 0.1) is 5.82 Å². The lowest BCUT2D eigenvalue weighted by molar-refractivity contribution is 0.0713. The fourth-order valence-electron chi connectivity index (χ4n) is 2.31. The van der Waals surface area contributed by atoms with E-state index < -0.39 is 5.82 Å². The van der Waals surface area contributed by atoms with E-state index in [2.05, 4.69) is 10.2 Å². The highest BCUT2D eigenvalue weighted by Gasteiger charge is 2.21. The summed E-state index contributed by atoms with van der Waals surface area (Å²) in [5, 5.41) is 7.64. The topological polar surface area (TPSA) is 59.2 Å². The summed E-state index contributed by atoms with van der Waals surface area (Å²) in [6.45, 7) is 2.84. The third kappa shape index (κ3) is 3.48. The van der Waals surface area contributed by atoms with Crippen LogP contribution in [0.15, 0.2) is 59.0 Å². The predicted molar refractivity (Wildman–Crippen MR) is 86.5 cm³/mol. The van der Waals surface area contributed by atoms with Gasteiger partial charge in [0.15, 0.2) is 0 Å². The van der Waals surface area contributed by atoms with Crippen LogP contribution in [0.3, 0.4) is 0 Å². The lowest BCUT2D eigenvalue weighted by Crippen LogP contribution is -2.30. The molecule has 0 aliphatic carbocycles. The molecule has 3 rings (SSSR count). The molecule has 0 spiro atoms. The van der Waals surface area contributed by atoms with Crippen molar-refractivity contribution in [1.82, 2.24) is 15.1 Å². The summed E-state index contributed by atoms with van der Waals surface area (Å²) in [7, 11) is 0. The lowest BCUT2D eigenvalue weighted by atomic mass is 10.2. The van der Waals surface area contributed by atoms with Crippen LogP contribution in [0.2, 0.25) is 0 Å². The molecule has 3 aromatic rings. The average Bonchev–Trinajstić information content (AvgIpc) is 3.10. The van der Waals surface area contributed by atoms with Gasteiger partial charge in [-0.15, -0.1) is 10.2 Å². The van der Waals surface area contributed by atoms with Crippen molar-refractivity contribution in [2.45, 2.75) is 13.5 Å². The maximum atomic E-state index is 13.3. The van der Waals surface area contributed by atoms with Crippen molar-refractivity contribution >= 4 is 5.91 Å². The monoisotopic (exact) mass is 325 g/mol. The molecule has 0 saturated heterocycles. The number of amides is 1. The van der Waals surface area contributed by atoms with Gasteiger partial charge in [-0.2, -0.15) is 0 Å². The van der Waals surface area contributed by atoms with E-state index in [1.165, 1.54) is 12.1 Å². The Balaban J connectivity index is 1.79. The number of rotatable bonds is 5. The molecule has 1 amide bonds. The second-order valence-corrected chi connectivity index (χ2v) is 5.23. The number of halogens is 1. The minimum atomic E-state index is -0.405. The number of carbonyl (C=O) groups excluding carboxylic acids is 1. The number of hydrogen-bond donors (Lipinski definition) is 0. The molecular weight excluding hydrogens is 309 g/mol. The molecule has 122 valence electrons. The highest BCUT2D eigenvalue weighted by Crippen LogP contribution is 2.19. The number of nitrogens with zero attached hydrogens (tertiary/aromatic N) is 3. The zero-order chi connectivity index (χ0) is 16.9. The molecule has 5 nitrogen and oxygen atoms in total. The van der Waals surface area contributed by atoms with Crippen molar-refractivity contribution in [1.29, 1.82) is 0 Å². The molecule has 0 aliphatic rings. The zero-order valence-corrected chi connectivity index (χ0v) is 13.1. The van der Waals surface area contributed by atoms with Crippen LogP contribution >= 0.6 is 0 Å². The molecule has 0 saturated carbocycles. The Labute approximate surface area is 138 Å². The number of aromatic nitrogens is 2. The Bertz CT molecular complexity index is 833. The number of hydrogen-bond acceptors (Lipinski definition) is 4. The fraction of sp³-hybridized carbons (Fsp3) is 0.167. The van der Waals surface area contributed by atoms with Gasteiger partial charge in [-0.25, -0.2) is 4.39 Å². The van der Waals surface area contributed by atoms with Crippen molar-refractivity contribution in [2.75, 3.05) is 6.54 Å². The first-order chi connectivity index (χ1) is 11.7. The minimum Gasteiger partial charge on any atom is -0.412 e. The third-order valence-electron chi connectivity index (χ3n) is 3.56. The Morgan fingerprint density at radius 2 is 1.92 bits per heavy atom. The predicted octanol–water partition coefficient (Wildman–Crippen LogP) is 3.54. The van der Waals surface area contributed by atoms with Crippen LogP contribution in [0.5, 0.6) is 0 Å². The molecule has 0 fully saturated rings. The summed E-state index contributed by atoms with van der Waals surface area (Å²) in [6.07, 6.45) is 0. The van der Waals surface area contributed by atoms with E-state index in [0.29, 0.717) is 18.7 Å². The van der Waals surface area contributed by atoms with Gasteiger partial charge in [0.25, 0.3) is 0 Å². The average molecular weight is 325 g/mol. The van der Waals surface area contributed by atoms with Crippen molar-refractivity contribution in [3.8, 4) is 11.5 Å². The van der Waals surface area contributed by atoms with Crippen LogP contribution < -0.4 is 0 Å². The summed E-state index contributed by atoms with van der Waals surface area (Å²) in [5.74, 6) is -0.741. The molecule has 0 aliphatic heterocycles. The van der Waals surface area contributed by atoms with Gasteiger partial charge in [-0.1, -0.05) is 36.4 Å². The zero-order valence-electron chi connectivity index (χ0n) is 13.1. The van der Waals surface area contributed by atoms with E-state index in [9.17, 15) is 9.18 Å². The maximum Gasteiger partial charge on any atom is 0.311 e. The summed E-state index contributed by atoms with van der Waals surface area (Å²) < 4.78 is 18.7. The Kier molecular flexibility index (Phi) is 4.65. The fourth-order valence-corrected chi connectivity index (χ4v) is 2.31. The van der Waals surface area contributed by atoms with Gasteiger partial charge in [0.1, 0.15) is 5.82 Å². The number of carbonyl (C=O) groups is 1. The van der Waals surface area contributed by atoms with E-state index in [1.807, 2.05) is 37.3 Å². The highest BCUT2D eigenvalue weighted by atomic mass is 19.1. The first-order valence-electron chi connectivity index (χ1n) is 7.60. The summed E-state index contributed by atoms with van der Waals surface area (Å²) in [4.78, 5) is 14.2. The van der Waals surface area contributed by atoms with Gasteiger partial charge < -0.3 is 9.32 Å². The first kappa shape index (κ1) is 15.9. The molecule has 24 heavy (non-hydrogen) atoms. The largest absolute Gasteiger partial charge is 0.412 e. The van der Waals surface area contributed by atoms with Gasteiger partial charge in [-0.3, -0.25) is 4.79 Å². The molecule has 0 radical (unpaired) electrons. The molecular formula is C18H16FN3O2. The second kappa shape index (κ2) is 7.04. The Morgan fingerprint density at radius 3 is 2.62 bits per heavy atom. The SMILES string of the molecule is CCN(Cc1ccccc1)C(=O)c1nnc(-c2cccc(F)c2)o1. The van der Waals surface area contributed by atoms with E-state index in [0.717, 1.165) is 5.56 Å². The number of benzene rings is 2. The summed E-state index contributed by atoms with van der Waals surface area (Å²) in [6, 6.07) is 15.4. The summed E-state index contributed by atoms with van der Waals surface area (Å²) in [5.41, 5.74) is 1.45. The van der Waals surface area contributed by atoms with Crippen molar-refractivity contribution < 1.29 is 13.6 Å². The smallest absolute Gasteiger partial charge is 0.311 e. The van der Waals surface area contributed by atoms with Crippen LogP contribution in [-0.2, 0) is 6.54 Å². The van der Waals surface area contributed by atoms with Crippen molar-refractivity contribution in [2.24, 2.45) is 0 Å². The molecule has 1 aromatic heterocycles. The van der Waals surface area contributed by atoms with Crippen LogP contribution in [0.4, 0.5) is 4.39 Å². The van der Waals surface area contributed by atoms with Gasteiger partial charge >= 0.3 is 11.8 Å². The van der Waals surface area contributed by atoms with E-state index >= 15 is 0 Å². The normalized spacial score (nSPS) is 10.6. The van der Waals surface area contributed by atoms with Crippen LogP contribution in [0.1, 0.15) is 23.2 Å². The maximum absolute atomic E-state index is 13.3. The van der Waals surface area contributed by atoms with E-state index in [1.54, 1.807) is 17.0 Å². The van der Waals surface area contributed by atoms with Gasteiger partial charge in [0.2, 0.25) is 5.89 Å². The quantitative estimate of drug-likeness (QED) is 0.720. The van der Waals surface area contributed by atoms with Gasteiger partial charge in [0, 0.05) is 18.7 Å². The second-order valence-electron chi connectivity index (χ2n) is 5.23. The molecule has 0 atom stereocenters. The minimum absolute atomic E-state index is 0.105. The molecule has 6 heteroatoms. The molecule has 2 aromatic carbocycles. The third-order valence-corrected chi connectivity index (χ3v) is 3.56. The Morgan fingerprint density at radius 1 is 1.12 bits per heavy atom. The van der Waals surface area contributed by atoms with Crippen LogP contribution in [0.25, 0.3) is 11.5 Å².